The van der Waals surface area contributed by atoms with E-state index in [1.807, 2.05) is 12.1 Å². The highest BCUT2D eigenvalue weighted by Crippen LogP contribution is 2.38. The summed E-state index contributed by atoms with van der Waals surface area (Å²) < 4.78 is 16.8. The third kappa shape index (κ3) is 3.60. The number of ether oxygens (including phenoxy) is 3. The maximum absolute atomic E-state index is 5.98. The summed E-state index contributed by atoms with van der Waals surface area (Å²) in [5, 5.41) is 0. The summed E-state index contributed by atoms with van der Waals surface area (Å²) in [7, 11) is 0. The van der Waals surface area contributed by atoms with E-state index in [9.17, 15) is 0 Å². The molecule has 0 atom stereocenters. The van der Waals surface area contributed by atoms with Gasteiger partial charge >= 0.3 is 0 Å². The standard InChI is InChI=1S/C16H24N2O3/c17-5-4-13-10-15-16(21-12-20-15)11-14(13)19-9-8-18-6-2-1-3-7-18/h10-11H,1-9,12,17H2. The van der Waals surface area contributed by atoms with E-state index >= 15 is 0 Å². The second-order valence-electron chi connectivity index (χ2n) is 5.60. The number of fused-ring (bicyclic) bond motifs is 1. The first-order chi connectivity index (χ1) is 10.4. The number of nitrogens with two attached hydrogens (primary N) is 1. The molecule has 0 aromatic heterocycles. The zero-order chi connectivity index (χ0) is 14.5. The van der Waals surface area contributed by atoms with Crippen LogP contribution in [0.2, 0.25) is 0 Å². The Balaban J connectivity index is 1.60. The number of likely N-dealkylation sites (tertiary alicyclic amines) is 1. The zero-order valence-electron chi connectivity index (χ0n) is 12.5. The second kappa shape index (κ2) is 7.00. The largest absolute Gasteiger partial charge is 0.492 e. The first-order valence-electron chi connectivity index (χ1n) is 7.84. The Morgan fingerprint density at radius 1 is 1.10 bits per heavy atom. The van der Waals surface area contributed by atoms with Crippen LogP contribution < -0.4 is 19.9 Å². The van der Waals surface area contributed by atoms with Crippen molar-refractivity contribution in [3.8, 4) is 17.2 Å². The van der Waals surface area contributed by atoms with Crippen molar-refractivity contribution in [2.24, 2.45) is 5.73 Å². The number of hydrogen-bond acceptors (Lipinski definition) is 5. The monoisotopic (exact) mass is 292 g/mol. The third-order valence-corrected chi connectivity index (χ3v) is 4.08. The van der Waals surface area contributed by atoms with E-state index in [1.54, 1.807) is 0 Å². The Bertz CT molecular complexity index is 473. The summed E-state index contributed by atoms with van der Waals surface area (Å²) in [6.45, 7) is 4.96. The molecule has 1 fully saturated rings. The summed E-state index contributed by atoms with van der Waals surface area (Å²) in [6, 6.07) is 3.93. The molecule has 116 valence electrons. The molecule has 0 spiro atoms. The Kier molecular flexibility index (Phi) is 4.83. The lowest BCUT2D eigenvalue weighted by atomic mass is 10.1. The third-order valence-electron chi connectivity index (χ3n) is 4.08. The molecule has 0 aliphatic carbocycles. The molecule has 2 aliphatic rings. The van der Waals surface area contributed by atoms with Crippen molar-refractivity contribution < 1.29 is 14.2 Å². The predicted molar refractivity (Wildman–Crippen MR) is 81.1 cm³/mol. The molecule has 0 saturated carbocycles. The summed E-state index contributed by atoms with van der Waals surface area (Å²) in [5.74, 6) is 2.44. The molecular weight excluding hydrogens is 268 g/mol. The molecule has 2 heterocycles. The first-order valence-corrected chi connectivity index (χ1v) is 7.84. The van der Waals surface area contributed by atoms with Gasteiger partial charge in [0.05, 0.1) is 0 Å². The van der Waals surface area contributed by atoms with E-state index < -0.39 is 0 Å². The predicted octanol–water partition coefficient (Wildman–Crippen LogP) is 1.78. The van der Waals surface area contributed by atoms with Gasteiger partial charge in [0.25, 0.3) is 0 Å². The van der Waals surface area contributed by atoms with Crippen molar-refractivity contribution in [3.63, 3.8) is 0 Å². The van der Waals surface area contributed by atoms with Gasteiger partial charge in [-0.15, -0.1) is 0 Å². The minimum absolute atomic E-state index is 0.286. The molecule has 0 amide bonds. The molecule has 0 bridgehead atoms. The van der Waals surface area contributed by atoms with Gasteiger partial charge in [-0.1, -0.05) is 6.42 Å². The zero-order valence-corrected chi connectivity index (χ0v) is 12.5. The quantitative estimate of drug-likeness (QED) is 0.866. The van der Waals surface area contributed by atoms with Crippen molar-refractivity contribution in [1.82, 2.24) is 4.90 Å². The molecule has 1 aromatic carbocycles. The lowest BCUT2D eigenvalue weighted by Crippen LogP contribution is -2.33. The van der Waals surface area contributed by atoms with Crippen LogP contribution in [0.15, 0.2) is 12.1 Å². The fourth-order valence-electron chi connectivity index (χ4n) is 2.92. The average Bonchev–Trinajstić information content (AvgIpc) is 2.96. The Morgan fingerprint density at radius 2 is 1.86 bits per heavy atom. The molecular formula is C16H24N2O3. The Morgan fingerprint density at radius 3 is 2.62 bits per heavy atom. The molecule has 2 N–H and O–H groups in total. The van der Waals surface area contributed by atoms with Crippen LogP contribution in [-0.4, -0.2) is 44.5 Å². The van der Waals surface area contributed by atoms with Crippen molar-refractivity contribution in [2.45, 2.75) is 25.7 Å². The number of benzene rings is 1. The van der Waals surface area contributed by atoms with E-state index in [0.29, 0.717) is 13.2 Å². The lowest BCUT2D eigenvalue weighted by Gasteiger charge is -2.26. The van der Waals surface area contributed by atoms with E-state index in [-0.39, 0.29) is 6.79 Å². The summed E-state index contributed by atoms with van der Waals surface area (Å²) in [5.41, 5.74) is 6.78. The van der Waals surface area contributed by atoms with Gasteiger partial charge in [0.1, 0.15) is 12.4 Å². The maximum atomic E-state index is 5.98. The van der Waals surface area contributed by atoms with E-state index in [2.05, 4.69) is 4.90 Å². The van der Waals surface area contributed by atoms with E-state index in [1.165, 1.54) is 32.4 Å². The molecule has 5 heteroatoms. The highest BCUT2D eigenvalue weighted by molar-refractivity contribution is 5.52. The molecule has 1 aromatic rings. The summed E-state index contributed by atoms with van der Waals surface area (Å²) in [4.78, 5) is 2.47. The number of rotatable bonds is 6. The minimum Gasteiger partial charge on any atom is -0.492 e. The molecule has 5 nitrogen and oxygen atoms in total. The maximum Gasteiger partial charge on any atom is 0.231 e. The van der Waals surface area contributed by atoms with Crippen LogP contribution in [0.25, 0.3) is 0 Å². The van der Waals surface area contributed by atoms with Crippen LogP contribution >= 0.6 is 0 Å². The Labute approximate surface area is 126 Å². The van der Waals surface area contributed by atoms with Gasteiger partial charge in [0.2, 0.25) is 6.79 Å². The first kappa shape index (κ1) is 14.5. The van der Waals surface area contributed by atoms with Gasteiger partial charge in [-0.25, -0.2) is 0 Å². The molecule has 1 saturated heterocycles. The second-order valence-corrected chi connectivity index (χ2v) is 5.60. The fourth-order valence-corrected chi connectivity index (χ4v) is 2.92. The van der Waals surface area contributed by atoms with Gasteiger partial charge in [-0.2, -0.15) is 0 Å². The summed E-state index contributed by atoms with van der Waals surface area (Å²) in [6.07, 6.45) is 4.76. The average molecular weight is 292 g/mol. The van der Waals surface area contributed by atoms with Gasteiger partial charge < -0.3 is 19.9 Å². The Hall–Kier alpha value is -1.46. The summed E-state index contributed by atoms with van der Waals surface area (Å²) >= 11 is 0. The van der Waals surface area contributed by atoms with Crippen LogP contribution in [0.5, 0.6) is 17.2 Å². The molecule has 0 radical (unpaired) electrons. The number of piperidine rings is 1. The van der Waals surface area contributed by atoms with Gasteiger partial charge in [0.15, 0.2) is 11.5 Å². The molecule has 2 aliphatic heterocycles. The van der Waals surface area contributed by atoms with Crippen LogP contribution in [0, 0.1) is 0 Å². The number of nitrogens with zero attached hydrogens (tertiary/aromatic N) is 1. The molecule has 3 rings (SSSR count). The van der Waals surface area contributed by atoms with Crippen LogP contribution in [0.1, 0.15) is 24.8 Å². The van der Waals surface area contributed by atoms with Crippen molar-refractivity contribution >= 4 is 0 Å². The van der Waals surface area contributed by atoms with Gasteiger partial charge in [-0.05, 0) is 50.5 Å². The highest BCUT2D eigenvalue weighted by Gasteiger charge is 2.18. The van der Waals surface area contributed by atoms with Crippen LogP contribution in [0.3, 0.4) is 0 Å². The normalized spacial score (nSPS) is 18.0. The molecule has 21 heavy (non-hydrogen) atoms. The van der Waals surface area contributed by atoms with Crippen molar-refractivity contribution in [3.05, 3.63) is 17.7 Å². The van der Waals surface area contributed by atoms with Gasteiger partial charge in [-0.3, -0.25) is 4.90 Å². The topological polar surface area (TPSA) is 57.0 Å². The SMILES string of the molecule is NCCc1cc2c(cc1OCCN1CCCCC1)OCO2. The van der Waals surface area contributed by atoms with E-state index in [4.69, 9.17) is 19.9 Å². The van der Waals surface area contributed by atoms with Crippen molar-refractivity contribution in [1.29, 1.82) is 0 Å². The fraction of sp³-hybridized carbons (Fsp3) is 0.625. The van der Waals surface area contributed by atoms with Crippen LogP contribution in [-0.2, 0) is 6.42 Å². The lowest BCUT2D eigenvalue weighted by molar-refractivity contribution is 0.173. The number of hydrogen-bond donors (Lipinski definition) is 1. The molecule has 0 unspecified atom stereocenters. The minimum atomic E-state index is 0.286. The van der Waals surface area contributed by atoms with Crippen molar-refractivity contribution in [2.75, 3.05) is 39.6 Å². The van der Waals surface area contributed by atoms with E-state index in [0.717, 1.165) is 35.8 Å². The highest BCUT2D eigenvalue weighted by atomic mass is 16.7. The van der Waals surface area contributed by atoms with Crippen LogP contribution in [0.4, 0.5) is 0 Å². The van der Waals surface area contributed by atoms with Gasteiger partial charge in [0, 0.05) is 12.6 Å². The smallest absolute Gasteiger partial charge is 0.231 e.